The van der Waals surface area contributed by atoms with Crippen molar-refractivity contribution >= 4 is 5.69 Å². The molecule has 0 aliphatic carbocycles. The first-order valence-corrected chi connectivity index (χ1v) is 6.17. The third kappa shape index (κ3) is 2.33. The van der Waals surface area contributed by atoms with Gasteiger partial charge in [0, 0.05) is 29.7 Å². The number of ether oxygens (including phenoxy) is 1. The molecule has 0 amide bonds. The second kappa shape index (κ2) is 5.05. The van der Waals surface area contributed by atoms with Gasteiger partial charge in [0.2, 0.25) is 5.88 Å². The number of hydrogen-bond donors (Lipinski definition) is 1. The average molecular weight is 266 g/mol. The fourth-order valence-electron chi connectivity index (χ4n) is 1.98. The van der Waals surface area contributed by atoms with Gasteiger partial charge in [-0.05, 0) is 23.8 Å². The second-order valence-electron chi connectivity index (χ2n) is 4.36. The van der Waals surface area contributed by atoms with E-state index >= 15 is 0 Å². The summed E-state index contributed by atoms with van der Waals surface area (Å²) in [5.74, 6) is 0.559. The molecule has 0 spiro atoms. The van der Waals surface area contributed by atoms with Crippen LogP contribution < -0.4 is 10.5 Å². The Balaban J connectivity index is 1.97. The molecule has 20 heavy (non-hydrogen) atoms. The summed E-state index contributed by atoms with van der Waals surface area (Å²) < 4.78 is 6.90. The van der Waals surface area contributed by atoms with Crippen LogP contribution in [0.25, 0.3) is 16.8 Å². The number of nitrogen functional groups attached to an aromatic ring is 1. The van der Waals surface area contributed by atoms with Crippen LogP contribution in [0.15, 0.2) is 55.0 Å². The van der Waals surface area contributed by atoms with E-state index in [-0.39, 0.29) is 0 Å². The molecular weight excluding hydrogens is 252 g/mol. The quantitative estimate of drug-likeness (QED) is 0.740. The molecule has 0 saturated heterocycles. The maximum absolute atomic E-state index is 5.80. The van der Waals surface area contributed by atoms with Crippen molar-refractivity contribution in [2.75, 3.05) is 12.8 Å². The van der Waals surface area contributed by atoms with E-state index in [0.29, 0.717) is 5.88 Å². The Morgan fingerprint density at radius 2 is 2.05 bits per heavy atom. The number of pyridine rings is 1. The van der Waals surface area contributed by atoms with E-state index in [1.807, 2.05) is 48.8 Å². The third-order valence-corrected chi connectivity index (χ3v) is 2.99. The molecule has 0 fully saturated rings. The molecule has 0 saturated carbocycles. The molecule has 100 valence electrons. The number of hydrogen-bond acceptors (Lipinski definition) is 4. The topological polar surface area (TPSA) is 66.0 Å². The van der Waals surface area contributed by atoms with Crippen molar-refractivity contribution in [1.82, 2.24) is 14.8 Å². The predicted octanol–water partition coefficient (Wildman–Crippen LogP) is 2.53. The van der Waals surface area contributed by atoms with Crippen molar-refractivity contribution < 1.29 is 4.74 Å². The molecule has 0 unspecified atom stereocenters. The number of methoxy groups -OCH3 is 1. The highest BCUT2D eigenvalue weighted by atomic mass is 16.5. The summed E-state index contributed by atoms with van der Waals surface area (Å²) in [7, 11) is 1.59. The fourth-order valence-corrected chi connectivity index (χ4v) is 1.98. The van der Waals surface area contributed by atoms with Crippen LogP contribution in [0.1, 0.15) is 0 Å². The van der Waals surface area contributed by atoms with Gasteiger partial charge in [0.15, 0.2) is 0 Å². The van der Waals surface area contributed by atoms with Gasteiger partial charge < -0.3 is 10.5 Å². The Morgan fingerprint density at radius 3 is 2.85 bits per heavy atom. The van der Waals surface area contributed by atoms with E-state index in [1.54, 1.807) is 18.0 Å². The van der Waals surface area contributed by atoms with E-state index < -0.39 is 0 Å². The number of nitrogens with two attached hydrogens (primary N) is 1. The van der Waals surface area contributed by atoms with E-state index in [1.165, 1.54) is 0 Å². The Hall–Kier alpha value is -2.82. The molecule has 2 heterocycles. The summed E-state index contributed by atoms with van der Waals surface area (Å²) in [6.07, 6.45) is 5.45. The van der Waals surface area contributed by atoms with Crippen molar-refractivity contribution in [3.63, 3.8) is 0 Å². The molecule has 5 heteroatoms. The minimum absolute atomic E-state index is 0.559. The van der Waals surface area contributed by atoms with Crippen LogP contribution in [0, 0.1) is 0 Å². The molecule has 3 aromatic rings. The molecule has 2 aromatic heterocycles. The van der Waals surface area contributed by atoms with Crippen LogP contribution in [0.5, 0.6) is 5.88 Å². The fraction of sp³-hybridized carbons (Fsp3) is 0.0667. The molecule has 0 radical (unpaired) electrons. The predicted molar refractivity (Wildman–Crippen MR) is 77.8 cm³/mol. The number of anilines is 1. The van der Waals surface area contributed by atoms with Crippen LogP contribution in [-0.4, -0.2) is 21.9 Å². The van der Waals surface area contributed by atoms with Gasteiger partial charge in [-0.25, -0.2) is 9.67 Å². The van der Waals surface area contributed by atoms with Crippen LogP contribution in [0.3, 0.4) is 0 Å². The monoisotopic (exact) mass is 266 g/mol. The van der Waals surface area contributed by atoms with Gasteiger partial charge in [-0.3, -0.25) is 0 Å². The maximum Gasteiger partial charge on any atom is 0.215 e. The Morgan fingerprint density at radius 1 is 1.15 bits per heavy atom. The normalized spacial score (nSPS) is 10.4. The first-order chi connectivity index (χ1) is 9.76. The average Bonchev–Trinajstić information content (AvgIpc) is 2.97. The molecule has 0 aliphatic heterocycles. The highest BCUT2D eigenvalue weighted by molar-refractivity contribution is 5.66. The van der Waals surface area contributed by atoms with Gasteiger partial charge in [-0.15, -0.1) is 0 Å². The Labute approximate surface area is 116 Å². The lowest BCUT2D eigenvalue weighted by Crippen LogP contribution is -1.96. The lowest BCUT2D eigenvalue weighted by Gasteiger charge is -2.03. The molecule has 1 aromatic carbocycles. The Bertz CT molecular complexity index is 736. The van der Waals surface area contributed by atoms with Crippen molar-refractivity contribution in [3.05, 3.63) is 55.0 Å². The smallest absolute Gasteiger partial charge is 0.215 e. The van der Waals surface area contributed by atoms with E-state index in [9.17, 15) is 0 Å². The first kappa shape index (κ1) is 12.2. The Kier molecular flexibility index (Phi) is 3.09. The number of aromatic nitrogens is 3. The zero-order valence-electron chi connectivity index (χ0n) is 11.0. The van der Waals surface area contributed by atoms with Crippen molar-refractivity contribution in [1.29, 1.82) is 0 Å². The van der Waals surface area contributed by atoms with E-state index in [0.717, 1.165) is 22.5 Å². The van der Waals surface area contributed by atoms with Gasteiger partial charge >= 0.3 is 0 Å². The van der Waals surface area contributed by atoms with Crippen LogP contribution in [0.4, 0.5) is 5.69 Å². The maximum atomic E-state index is 5.80. The highest BCUT2D eigenvalue weighted by Gasteiger charge is 2.05. The standard InChI is InChI=1S/C15H14N4O/c1-20-15-8-14(5-6-17-15)19-10-12(9-18-19)11-3-2-4-13(16)7-11/h2-10H,16H2,1H3. The van der Waals surface area contributed by atoms with Crippen molar-refractivity contribution in [3.8, 4) is 22.7 Å². The lowest BCUT2D eigenvalue weighted by atomic mass is 10.1. The zero-order valence-corrected chi connectivity index (χ0v) is 11.0. The molecule has 0 bridgehead atoms. The second-order valence-corrected chi connectivity index (χ2v) is 4.36. The largest absolute Gasteiger partial charge is 0.481 e. The van der Waals surface area contributed by atoms with E-state index in [4.69, 9.17) is 10.5 Å². The summed E-state index contributed by atoms with van der Waals surface area (Å²) in [6.45, 7) is 0. The lowest BCUT2D eigenvalue weighted by molar-refractivity contribution is 0.397. The molecule has 0 aliphatic rings. The SMILES string of the molecule is COc1cc(-n2cc(-c3cccc(N)c3)cn2)ccn1. The van der Waals surface area contributed by atoms with Gasteiger partial charge in [0.05, 0.1) is 19.0 Å². The molecule has 3 rings (SSSR count). The molecule has 5 nitrogen and oxygen atoms in total. The van der Waals surface area contributed by atoms with Crippen LogP contribution in [0.2, 0.25) is 0 Å². The number of rotatable bonds is 3. The minimum atomic E-state index is 0.559. The molecular formula is C15H14N4O. The summed E-state index contributed by atoms with van der Waals surface area (Å²) in [5, 5.41) is 4.36. The van der Waals surface area contributed by atoms with Gasteiger partial charge in [-0.2, -0.15) is 5.10 Å². The minimum Gasteiger partial charge on any atom is -0.481 e. The van der Waals surface area contributed by atoms with Gasteiger partial charge in [0.1, 0.15) is 0 Å². The van der Waals surface area contributed by atoms with Gasteiger partial charge in [0.25, 0.3) is 0 Å². The van der Waals surface area contributed by atoms with Crippen molar-refractivity contribution in [2.45, 2.75) is 0 Å². The summed E-state index contributed by atoms with van der Waals surface area (Å²) in [4.78, 5) is 4.08. The number of nitrogens with zero attached hydrogens (tertiary/aromatic N) is 3. The first-order valence-electron chi connectivity index (χ1n) is 6.17. The summed E-state index contributed by atoms with van der Waals surface area (Å²) >= 11 is 0. The third-order valence-electron chi connectivity index (χ3n) is 2.99. The molecule has 0 atom stereocenters. The summed E-state index contributed by atoms with van der Waals surface area (Å²) in [6, 6.07) is 11.4. The highest BCUT2D eigenvalue weighted by Crippen LogP contribution is 2.22. The summed E-state index contributed by atoms with van der Waals surface area (Å²) in [5.41, 5.74) is 9.48. The van der Waals surface area contributed by atoms with Crippen LogP contribution in [-0.2, 0) is 0 Å². The molecule has 2 N–H and O–H groups in total. The number of benzene rings is 1. The van der Waals surface area contributed by atoms with Crippen molar-refractivity contribution in [2.24, 2.45) is 0 Å². The zero-order chi connectivity index (χ0) is 13.9. The van der Waals surface area contributed by atoms with Gasteiger partial charge in [-0.1, -0.05) is 12.1 Å². The van der Waals surface area contributed by atoms with Crippen LogP contribution >= 0.6 is 0 Å². The van der Waals surface area contributed by atoms with E-state index in [2.05, 4.69) is 10.1 Å².